The molecule has 1 aromatic carbocycles. The molecule has 17 heavy (non-hydrogen) atoms. The second kappa shape index (κ2) is 5.36. The van der Waals surface area contributed by atoms with Gasteiger partial charge >= 0.3 is 0 Å². The van der Waals surface area contributed by atoms with Crippen molar-refractivity contribution in [2.24, 2.45) is 0 Å². The van der Waals surface area contributed by atoms with Crippen LogP contribution < -0.4 is 10.5 Å². The third-order valence-electron chi connectivity index (χ3n) is 3.18. The Bertz CT molecular complexity index is 384. The highest BCUT2D eigenvalue weighted by Crippen LogP contribution is 2.29. The highest BCUT2D eigenvalue weighted by molar-refractivity contribution is 5.52. The molecule has 2 rings (SSSR count). The van der Waals surface area contributed by atoms with Crippen LogP contribution in [0, 0.1) is 5.82 Å². The smallest absolute Gasteiger partial charge is 0.145 e. The fourth-order valence-electron chi connectivity index (χ4n) is 2.21. The molecule has 94 valence electrons. The van der Waals surface area contributed by atoms with Gasteiger partial charge in [-0.1, -0.05) is 0 Å². The molecule has 1 aliphatic carbocycles. The minimum atomic E-state index is -0.326. The van der Waals surface area contributed by atoms with Crippen molar-refractivity contribution in [3.05, 3.63) is 24.0 Å². The minimum Gasteiger partial charge on any atom is -0.488 e. The topological polar surface area (TPSA) is 44.5 Å². The Balaban J connectivity index is 2.02. The van der Waals surface area contributed by atoms with E-state index in [0.717, 1.165) is 25.7 Å². The molecule has 0 aliphatic heterocycles. The summed E-state index contributed by atoms with van der Waals surface area (Å²) in [5, 5.41) is 0. The van der Waals surface area contributed by atoms with Gasteiger partial charge < -0.3 is 15.2 Å². The van der Waals surface area contributed by atoms with E-state index in [1.54, 1.807) is 7.11 Å². The Labute approximate surface area is 101 Å². The SMILES string of the molecule is CO[C@H]1CCC[C@H](Oc2cc(F)ccc2N)C1. The molecule has 2 atom stereocenters. The molecule has 1 fully saturated rings. The van der Waals surface area contributed by atoms with Crippen molar-refractivity contribution in [2.45, 2.75) is 37.9 Å². The molecule has 1 aromatic rings. The van der Waals surface area contributed by atoms with E-state index in [1.165, 1.54) is 18.2 Å². The Morgan fingerprint density at radius 1 is 1.29 bits per heavy atom. The molecular formula is C13H18FNO2. The molecule has 0 heterocycles. The van der Waals surface area contributed by atoms with Gasteiger partial charge in [-0.15, -0.1) is 0 Å². The van der Waals surface area contributed by atoms with E-state index in [4.69, 9.17) is 15.2 Å². The number of rotatable bonds is 3. The molecule has 0 amide bonds. The summed E-state index contributed by atoms with van der Waals surface area (Å²) in [5.74, 6) is 0.111. The van der Waals surface area contributed by atoms with Crippen LogP contribution in [0.4, 0.5) is 10.1 Å². The lowest BCUT2D eigenvalue weighted by atomic mass is 9.95. The van der Waals surface area contributed by atoms with E-state index in [9.17, 15) is 4.39 Å². The van der Waals surface area contributed by atoms with E-state index in [2.05, 4.69) is 0 Å². The molecule has 0 aromatic heterocycles. The highest BCUT2D eigenvalue weighted by atomic mass is 19.1. The van der Waals surface area contributed by atoms with Gasteiger partial charge in [0.25, 0.3) is 0 Å². The lowest BCUT2D eigenvalue weighted by Gasteiger charge is -2.29. The van der Waals surface area contributed by atoms with Crippen LogP contribution in [0.2, 0.25) is 0 Å². The largest absolute Gasteiger partial charge is 0.488 e. The summed E-state index contributed by atoms with van der Waals surface area (Å²) >= 11 is 0. The van der Waals surface area contributed by atoms with Gasteiger partial charge in [-0.05, 0) is 31.4 Å². The maximum Gasteiger partial charge on any atom is 0.145 e. The lowest BCUT2D eigenvalue weighted by molar-refractivity contribution is 0.0211. The minimum absolute atomic E-state index is 0.0674. The number of ether oxygens (including phenoxy) is 2. The van der Waals surface area contributed by atoms with Gasteiger partial charge in [0.1, 0.15) is 17.7 Å². The molecule has 0 radical (unpaired) electrons. The van der Waals surface area contributed by atoms with E-state index in [-0.39, 0.29) is 18.0 Å². The average Bonchev–Trinajstić information content (AvgIpc) is 2.34. The summed E-state index contributed by atoms with van der Waals surface area (Å²) in [4.78, 5) is 0. The van der Waals surface area contributed by atoms with Crippen LogP contribution in [0.5, 0.6) is 5.75 Å². The van der Waals surface area contributed by atoms with Gasteiger partial charge in [-0.25, -0.2) is 4.39 Å². The summed E-state index contributed by atoms with van der Waals surface area (Å²) < 4.78 is 24.2. The molecule has 1 aliphatic rings. The number of benzene rings is 1. The van der Waals surface area contributed by atoms with Crippen LogP contribution >= 0.6 is 0 Å². The molecule has 2 N–H and O–H groups in total. The van der Waals surface area contributed by atoms with Crippen LogP contribution in [0.25, 0.3) is 0 Å². The van der Waals surface area contributed by atoms with E-state index >= 15 is 0 Å². The van der Waals surface area contributed by atoms with Crippen molar-refractivity contribution in [1.82, 2.24) is 0 Å². The Hall–Kier alpha value is -1.29. The fraction of sp³-hybridized carbons (Fsp3) is 0.538. The normalized spacial score (nSPS) is 24.6. The van der Waals surface area contributed by atoms with Gasteiger partial charge in [-0.3, -0.25) is 0 Å². The molecule has 4 heteroatoms. The summed E-state index contributed by atoms with van der Waals surface area (Å²) in [5.41, 5.74) is 6.23. The Kier molecular flexibility index (Phi) is 3.84. The average molecular weight is 239 g/mol. The van der Waals surface area contributed by atoms with Gasteiger partial charge in [0.15, 0.2) is 0 Å². The van der Waals surface area contributed by atoms with Crippen molar-refractivity contribution < 1.29 is 13.9 Å². The van der Waals surface area contributed by atoms with Crippen LogP contribution in [-0.4, -0.2) is 19.3 Å². The second-order valence-corrected chi connectivity index (χ2v) is 4.45. The first-order valence-electron chi connectivity index (χ1n) is 5.93. The van der Waals surface area contributed by atoms with Crippen molar-refractivity contribution in [2.75, 3.05) is 12.8 Å². The number of halogens is 1. The third-order valence-corrected chi connectivity index (χ3v) is 3.18. The molecule has 0 unspecified atom stereocenters. The summed E-state index contributed by atoms with van der Waals surface area (Å²) in [6.07, 6.45) is 4.25. The first kappa shape index (κ1) is 12.2. The van der Waals surface area contributed by atoms with Crippen molar-refractivity contribution >= 4 is 5.69 Å². The molecule has 0 bridgehead atoms. The molecule has 1 saturated carbocycles. The number of nitrogens with two attached hydrogens (primary N) is 1. The molecule has 3 nitrogen and oxygen atoms in total. The number of hydrogen-bond acceptors (Lipinski definition) is 3. The van der Waals surface area contributed by atoms with E-state index < -0.39 is 0 Å². The van der Waals surface area contributed by atoms with Crippen LogP contribution in [-0.2, 0) is 4.74 Å². The zero-order valence-corrected chi connectivity index (χ0v) is 9.99. The summed E-state index contributed by atoms with van der Waals surface area (Å²) in [7, 11) is 1.71. The highest BCUT2D eigenvalue weighted by Gasteiger charge is 2.23. The van der Waals surface area contributed by atoms with Crippen molar-refractivity contribution in [3.8, 4) is 5.75 Å². The van der Waals surface area contributed by atoms with Gasteiger partial charge in [0.05, 0.1) is 11.8 Å². The second-order valence-electron chi connectivity index (χ2n) is 4.45. The summed E-state index contributed by atoms with van der Waals surface area (Å²) in [6.45, 7) is 0. The Morgan fingerprint density at radius 2 is 2.06 bits per heavy atom. The van der Waals surface area contributed by atoms with Crippen molar-refractivity contribution in [1.29, 1.82) is 0 Å². The van der Waals surface area contributed by atoms with Gasteiger partial charge in [0.2, 0.25) is 0 Å². The quantitative estimate of drug-likeness (QED) is 0.825. The van der Waals surface area contributed by atoms with Crippen LogP contribution in [0.1, 0.15) is 25.7 Å². The third kappa shape index (κ3) is 3.09. The maximum absolute atomic E-state index is 13.1. The molecule has 0 spiro atoms. The Morgan fingerprint density at radius 3 is 2.82 bits per heavy atom. The zero-order valence-electron chi connectivity index (χ0n) is 9.99. The van der Waals surface area contributed by atoms with E-state index in [0.29, 0.717) is 11.4 Å². The molecule has 0 saturated heterocycles. The first-order valence-corrected chi connectivity index (χ1v) is 5.93. The fourth-order valence-corrected chi connectivity index (χ4v) is 2.21. The van der Waals surface area contributed by atoms with Gasteiger partial charge in [-0.2, -0.15) is 0 Å². The summed E-state index contributed by atoms with van der Waals surface area (Å²) in [6, 6.07) is 4.20. The van der Waals surface area contributed by atoms with Gasteiger partial charge in [0, 0.05) is 19.6 Å². The maximum atomic E-state index is 13.1. The predicted octanol–water partition coefficient (Wildman–Crippen LogP) is 2.74. The predicted molar refractivity (Wildman–Crippen MR) is 64.5 cm³/mol. The van der Waals surface area contributed by atoms with Crippen molar-refractivity contribution in [3.63, 3.8) is 0 Å². The lowest BCUT2D eigenvalue weighted by Crippen LogP contribution is -2.29. The van der Waals surface area contributed by atoms with E-state index in [1.807, 2.05) is 0 Å². The zero-order chi connectivity index (χ0) is 12.3. The number of anilines is 1. The number of methoxy groups -OCH3 is 1. The first-order chi connectivity index (χ1) is 8.19. The van der Waals surface area contributed by atoms with Crippen LogP contribution in [0.15, 0.2) is 18.2 Å². The van der Waals surface area contributed by atoms with Crippen LogP contribution in [0.3, 0.4) is 0 Å². The monoisotopic (exact) mass is 239 g/mol. The number of nitrogen functional groups attached to an aromatic ring is 1. The standard InChI is InChI=1S/C13H18FNO2/c1-16-10-3-2-4-11(8-10)17-13-7-9(14)5-6-12(13)15/h5-7,10-11H,2-4,8,15H2,1H3/t10-,11-/m0/s1. The molecular weight excluding hydrogens is 221 g/mol. The number of hydrogen-bond donors (Lipinski definition) is 1.